The van der Waals surface area contributed by atoms with Crippen molar-refractivity contribution in [3.8, 4) is 5.88 Å². The van der Waals surface area contributed by atoms with Crippen LogP contribution in [0.4, 0.5) is 5.82 Å². The number of nitrogens with zero attached hydrogens (tertiary/aromatic N) is 4. The number of anilines is 1. The van der Waals surface area contributed by atoms with Gasteiger partial charge in [-0.3, -0.25) is 4.79 Å². The van der Waals surface area contributed by atoms with E-state index >= 15 is 0 Å². The maximum atomic E-state index is 13.3. The second kappa shape index (κ2) is 8.86. The van der Waals surface area contributed by atoms with E-state index in [-0.39, 0.29) is 12.2 Å². The zero-order valence-corrected chi connectivity index (χ0v) is 17.2. The number of hydrogen-bond donors (Lipinski definition) is 0. The van der Waals surface area contributed by atoms with E-state index in [2.05, 4.69) is 22.0 Å². The van der Waals surface area contributed by atoms with Crippen LogP contribution in [-0.2, 0) is 24.0 Å². The molecule has 29 heavy (non-hydrogen) atoms. The zero-order valence-electron chi connectivity index (χ0n) is 17.2. The molecule has 154 valence electrons. The van der Waals surface area contributed by atoms with Crippen LogP contribution in [0.5, 0.6) is 5.88 Å². The van der Waals surface area contributed by atoms with Gasteiger partial charge in [0, 0.05) is 36.3 Å². The maximum absolute atomic E-state index is 13.3. The monoisotopic (exact) mass is 396 g/mol. The third-order valence-corrected chi connectivity index (χ3v) is 5.65. The van der Waals surface area contributed by atoms with Crippen LogP contribution < -0.4 is 9.64 Å². The molecule has 0 aromatic carbocycles. The molecule has 0 bridgehead atoms. The highest BCUT2D eigenvalue weighted by atomic mass is 16.5. The highest BCUT2D eigenvalue weighted by molar-refractivity contribution is 5.99. The molecule has 0 radical (unpaired) electrons. The summed E-state index contributed by atoms with van der Waals surface area (Å²) >= 11 is 0. The Morgan fingerprint density at radius 1 is 1.28 bits per heavy atom. The van der Waals surface area contributed by atoms with Crippen LogP contribution in [-0.4, -0.2) is 53.4 Å². The van der Waals surface area contributed by atoms with Crippen LogP contribution in [0.15, 0.2) is 18.2 Å². The van der Waals surface area contributed by atoms with Gasteiger partial charge >= 0.3 is 0 Å². The summed E-state index contributed by atoms with van der Waals surface area (Å²) in [6, 6.07) is 6.00. The first-order chi connectivity index (χ1) is 14.2. The minimum Gasteiger partial charge on any atom is -0.477 e. The second-order valence-corrected chi connectivity index (χ2v) is 7.65. The molecule has 0 aliphatic carbocycles. The lowest BCUT2D eigenvalue weighted by atomic mass is 9.96. The number of fused-ring (bicyclic) bond motifs is 1. The van der Waals surface area contributed by atoms with Crippen molar-refractivity contribution >= 4 is 11.6 Å². The van der Waals surface area contributed by atoms with Gasteiger partial charge in [-0.15, -0.1) is 5.10 Å². The standard InChI is InChI=1S/C22H28N4O3/c1-3-29-22-7-6-16(24-25-22)13-20(27)18-14-21(26-10-4-5-15(26)2)23-19-9-12-28-11-8-17(18)19/h6-7,14-15H,3-5,8-13H2,1-2H3/t15-/m1/s1. The Hall–Kier alpha value is -2.54. The molecule has 1 atom stereocenters. The molecule has 1 fully saturated rings. The Labute approximate surface area is 171 Å². The molecule has 4 heterocycles. The largest absolute Gasteiger partial charge is 0.477 e. The van der Waals surface area contributed by atoms with Crippen molar-refractivity contribution < 1.29 is 14.3 Å². The van der Waals surface area contributed by atoms with Gasteiger partial charge in [-0.25, -0.2) is 4.98 Å². The van der Waals surface area contributed by atoms with Crippen molar-refractivity contribution in [1.82, 2.24) is 15.2 Å². The Balaban J connectivity index is 1.64. The normalized spacial score (nSPS) is 19.0. The number of rotatable bonds is 6. The van der Waals surface area contributed by atoms with Gasteiger partial charge in [0.2, 0.25) is 5.88 Å². The van der Waals surface area contributed by atoms with Gasteiger partial charge in [0.15, 0.2) is 5.78 Å². The minimum absolute atomic E-state index is 0.0529. The summed E-state index contributed by atoms with van der Waals surface area (Å²) in [6.45, 7) is 6.92. The molecule has 0 unspecified atom stereocenters. The first kappa shape index (κ1) is 19.8. The topological polar surface area (TPSA) is 77.4 Å². The Bertz CT molecular complexity index is 869. The van der Waals surface area contributed by atoms with E-state index in [0.717, 1.165) is 48.4 Å². The molecular weight excluding hydrogens is 368 g/mol. The van der Waals surface area contributed by atoms with Crippen LogP contribution in [0.25, 0.3) is 0 Å². The van der Waals surface area contributed by atoms with Crippen molar-refractivity contribution in [2.24, 2.45) is 0 Å². The molecule has 2 aromatic rings. The molecule has 2 aromatic heterocycles. The summed E-state index contributed by atoms with van der Waals surface area (Å²) in [5.74, 6) is 1.44. The van der Waals surface area contributed by atoms with E-state index in [4.69, 9.17) is 14.5 Å². The van der Waals surface area contributed by atoms with Crippen LogP contribution in [0.3, 0.4) is 0 Å². The smallest absolute Gasteiger partial charge is 0.233 e. The summed E-state index contributed by atoms with van der Waals surface area (Å²) < 4.78 is 11.0. The first-order valence-electron chi connectivity index (χ1n) is 10.5. The summed E-state index contributed by atoms with van der Waals surface area (Å²) in [4.78, 5) is 20.5. The van der Waals surface area contributed by atoms with E-state index in [9.17, 15) is 4.79 Å². The first-order valence-corrected chi connectivity index (χ1v) is 10.5. The van der Waals surface area contributed by atoms with Crippen molar-refractivity contribution in [1.29, 1.82) is 0 Å². The number of carbonyl (C=O) groups excluding carboxylic acids is 1. The summed E-state index contributed by atoms with van der Waals surface area (Å²) in [5, 5.41) is 8.20. The van der Waals surface area contributed by atoms with E-state index in [1.165, 1.54) is 0 Å². The van der Waals surface area contributed by atoms with Crippen molar-refractivity contribution in [3.63, 3.8) is 0 Å². The van der Waals surface area contributed by atoms with Gasteiger partial charge in [0.25, 0.3) is 0 Å². The summed E-state index contributed by atoms with van der Waals surface area (Å²) in [5.41, 5.74) is 3.43. The fraction of sp³-hybridized carbons (Fsp3) is 0.545. The minimum atomic E-state index is 0.0529. The van der Waals surface area contributed by atoms with Gasteiger partial charge in [-0.05, 0) is 50.8 Å². The van der Waals surface area contributed by atoms with Crippen LogP contribution in [0.2, 0.25) is 0 Å². The molecule has 0 saturated carbocycles. The van der Waals surface area contributed by atoms with E-state index in [1.54, 1.807) is 6.07 Å². The summed E-state index contributed by atoms with van der Waals surface area (Å²) in [6.07, 6.45) is 4.00. The predicted octanol–water partition coefficient (Wildman–Crippen LogP) is 2.80. The maximum Gasteiger partial charge on any atom is 0.233 e. The van der Waals surface area contributed by atoms with Gasteiger partial charge in [0.1, 0.15) is 5.82 Å². The predicted molar refractivity (Wildman–Crippen MR) is 110 cm³/mol. The lowest BCUT2D eigenvalue weighted by Gasteiger charge is -2.25. The molecular formula is C22H28N4O3. The van der Waals surface area contributed by atoms with Crippen LogP contribution >= 0.6 is 0 Å². The van der Waals surface area contributed by atoms with Crippen molar-refractivity contribution in [3.05, 3.63) is 40.7 Å². The van der Waals surface area contributed by atoms with Crippen LogP contribution in [0.1, 0.15) is 54.0 Å². The molecule has 7 nitrogen and oxygen atoms in total. The molecule has 0 amide bonds. The van der Waals surface area contributed by atoms with Crippen molar-refractivity contribution in [2.75, 3.05) is 31.3 Å². The average molecular weight is 396 g/mol. The fourth-order valence-electron chi connectivity index (χ4n) is 4.14. The van der Waals surface area contributed by atoms with E-state index in [0.29, 0.717) is 43.9 Å². The third kappa shape index (κ3) is 4.40. The zero-order chi connectivity index (χ0) is 20.2. The third-order valence-electron chi connectivity index (χ3n) is 5.65. The fourth-order valence-corrected chi connectivity index (χ4v) is 4.14. The molecule has 4 rings (SSSR count). The number of aromatic nitrogens is 3. The van der Waals surface area contributed by atoms with Crippen molar-refractivity contribution in [2.45, 2.75) is 52.0 Å². The molecule has 2 aliphatic rings. The lowest BCUT2D eigenvalue weighted by Crippen LogP contribution is -2.28. The summed E-state index contributed by atoms with van der Waals surface area (Å²) in [7, 11) is 0. The van der Waals surface area contributed by atoms with E-state index < -0.39 is 0 Å². The SMILES string of the molecule is CCOc1ccc(CC(=O)c2cc(N3CCC[C@H]3C)nc3c2CCOCC3)nn1. The Kier molecular flexibility index (Phi) is 6.04. The van der Waals surface area contributed by atoms with E-state index in [1.807, 2.05) is 19.1 Å². The lowest BCUT2D eigenvalue weighted by molar-refractivity contribution is 0.0990. The number of hydrogen-bond acceptors (Lipinski definition) is 7. The number of ketones is 1. The number of pyridine rings is 1. The van der Waals surface area contributed by atoms with Gasteiger partial charge < -0.3 is 14.4 Å². The molecule has 7 heteroatoms. The number of carbonyl (C=O) groups is 1. The Morgan fingerprint density at radius 3 is 2.86 bits per heavy atom. The van der Waals surface area contributed by atoms with Gasteiger partial charge in [-0.2, -0.15) is 5.10 Å². The van der Waals surface area contributed by atoms with Crippen LogP contribution in [0, 0.1) is 0 Å². The average Bonchev–Trinajstić information content (AvgIpc) is 3.01. The second-order valence-electron chi connectivity index (χ2n) is 7.65. The highest BCUT2D eigenvalue weighted by Crippen LogP contribution is 2.29. The quantitative estimate of drug-likeness (QED) is 0.695. The molecule has 1 saturated heterocycles. The highest BCUT2D eigenvalue weighted by Gasteiger charge is 2.26. The Morgan fingerprint density at radius 2 is 2.14 bits per heavy atom. The molecule has 2 aliphatic heterocycles. The van der Waals surface area contributed by atoms with Gasteiger partial charge in [-0.1, -0.05) is 0 Å². The van der Waals surface area contributed by atoms with Gasteiger partial charge in [0.05, 0.1) is 31.9 Å². The number of ether oxygens (including phenoxy) is 2. The number of Topliss-reactive ketones (excluding diaryl/α,β-unsaturated/α-hetero) is 1. The molecule has 0 N–H and O–H groups in total. The molecule has 0 spiro atoms.